The lowest BCUT2D eigenvalue weighted by molar-refractivity contribution is -0.152. The lowest BCUT2D eigenvalue weighted by Gasteiger charge is -2.16. The Balaban J connectivity index is 1.41. The summed E-state index contributed by atoms with van der Waals surface area (Å²) >= 11 is 0.849. The third kappa shape index (κ3) is 5.77. The topological polar surface area (TPSA) is 106 Å². The number of rotatable bonds is 7. The SMILES string of the molecule is O=C(COC(=O)C1CC=CCC1)NCCN1C(=O)S/C(=C\c2cccnc2)C1=O. The largest absolute Gasteiger partial charge is 0.455 e. The minimum absolute atomic E-state index is 0.0438. The van der Waals surface area contributed by atoms with E-state index in [1.165, 1.54) is 0 Å². The summed E-state index contributed by atoms with van der Waals surface area (Å²) in [6.07, 6.45) is 11.0. The Labute approximate surface area is 172 Å². The molecule has 1 aromatic rings. The molecule has 1 saturated heterocycles. The Morgan fingerprint density at radius 3 is 2.93 bits per heavy atom. The van der Waals surface area contributed by atoms with Gasteiger partial charge in [0.05, 0.1) is 10.8 Å². The molecule has 8 nitrogen and oxygen atoms in total. The number of carbonyl (C=O) groups is 4. The van der Waals surface area contributed by atoms with Gasteiger partial charge in [-0.15, -0.1) is 0 Å². The van der Waals surface area contributed by atoms with Crippen LogP contribution in [-0.2, 0) is 19.1 Å². The van der Waals surface area contributed by atoms with E-state index in [9.17, 15) is 19.2 Å². The van der Waals surface area contributed by atoms with E-state index in [1.807, 2.05) is 12.2 Å². The van der Waals surface area contributed by atoms with Crippen molar-refractivity contribution in [2.45, 2.75) is 19.3 Å². The van der Waals surface area contributed by atoms with Gasteiger partial charge in [-0.25, -0.2) is 0 Å². The molecule has 3 amide bonds. The predicted molar refractivity (Wildman–Crippen MR) is 107 cm³/mol. The van der Waals surface area contributed by atoms with Crippen LogP contribution in [0, 0.1) is 5.92 Å². The van der Waals surface area contributed by atoms with E-state index in [0.29, 0.717) is 11.3 Å². The van der Waals surface area contributed by atoms with Gasteiger partial charge in [-0.1, -0.05) is 18.2 Å². The highest BCUT2D eigenvalue weighted by molar-refractivity contribution is 8.18. The van der Waals surface area contributed by atoms with E-state index in [0.717, 1.165) is 35.1 Å². The summed E-state index contributed by atoms with van der Waals surface area (Å²) in [6.45, 7) is -0.245. The summed E-state index contributed by atoms with van der Waals surface area (Å²) in [5, 5.41) is 2.17. The molecule has 0 radical (unpaired) electrons. The van der Waals surface area contributed by atoms with Gasteiger partial charge in [-0.05, 0) is 48.7 Å². The van der Waals surface area contributed by atoms with Crippen LogP contribution in [0.5, 0.6) is 0 Å². The number of carbonyl (C=O) groups excluding carboxylic acids is 4. The first kappa shape index (κ1) is 20.8. The summed E-state index contributed by atoms with van der Waals surface area (Å²) in [6, 6.07) is 3.52. The molecule has 1 aliphatic heterocycles. The van der Waals surface area contributed by atoms with E-state index < -0.39 is 17.1 Å². The van der Waals surface area contributed by atoms with E-state index in [4.69, 9.17) is 4.74 Å². The van der Waals surface area contributed by atoms with Crippen molar-refractivity contribution in [1.29, 1.82) is 0 Å². The molecular formula is C20H21N3O5S. The van der Waals surface area contributed by atoms with Crippen molar-refractivity contribution in [1.82, 2.24) is 15.2 Å². The van der Waals surface area contributed by atoms with Crippen molar-refractivity contribution in [3.63, 3.8) is 0 Å². The van der Waals surface area contributed by atoms with Gasteiger partial charge in [0, 0.05) is 25.5 Å². The number of nitrogens with zero attached hydrogens (tertiary/aromatic N) is 2. The van der Waals surface area contributed by atoms with Gasteiger partial charge in [-0.3, -0.25) is 29.1 Å². The minimum Gasteiger partial charge on any atom is -0.455 e. The lowest BCUT2D eigenvalue weighted by Crippen LogP contribution is -2.39. The molecule has 0 bridgehead atoms. The number of hydrogen-bond donors (Lipinski definition) is 1. The molecule has 29 heavy (non-hydrogen) atoms. The number of hydrogen-bond acceptors (Lipinski definition) is 7. The van der Waals surface area contributed by atoms with Crippen LogP contribution in [0.3, 0.4) is 0 Å². The number of nitrogens with one attached hydrogen (secondary N) is 1. The summed E-state index contributed by atoms with van der Waals surface area (Å²) in [4.78, 5) is 53.6. The maximum Gasteiger partial charge on any atom is 0.309 e. The third-order valence-electron chi connectivity index (χ3n) is 4.46. The number of allylic oxidation sites excluding steroid dienone is 2. The molecule has 152 valence electrons. The van der Waals surface area contributed by atoms with Gasteiger partial charge in [0.2, 0.25) is 0 Å². The second kappa shape index (κ2) is 10.0. The molecule has 2 aliphatic rings. The van der Waals surface area contributed by atoms with Crippen LogP contribution < -0.4 is 5.32 Å². The zero-order valence-electron chi connectivity index (χ0n) is 15.7. The molecule has 1 fully saturated rings. The average molecular weight is 415 g/mol. The van der Waals surface area contributed by atoms with Gasteiger partial charge in [0.25, 0.3) is 17.1 Å². The van der Waals surface area contributed by atoms with Crippen molar-refractivity contribution in [3.8, 4) is 0 Å². The van der Waals surface area contributed by atoms with E-state index in [2.05, 4.69) is 10.3 Å². The first-order chi connectivity index (χ1) is 14.0. The number of ether oxygens (including phenoxy) is 1. The maximum atomic E-state index is 12.4. The summed E-state index contributed by atoms with van der Waals surface area (Å²) in [7, 11) is 0. The molecule has 1 N–H and O–H groups in total. The van der Waals surface area contributed by atoms with Crippen molar-refractivity contribution in [2.75, 3.05) is 19.7 Å². The second-order valence-corrected chi connectivity index (χ2v) is 7.55. The Kier molecular flexibility index (Phi) is 7.18. The van der Waals surface area contributed by atoms with Gasteiger partial charge in [0.1, 0.15) is 0 Å². The summed E-state index contributed by atoms with van der Waals surface area (Å²) in [5.74, 6) is -1.46. The first-order valence-corrected chi connectivity index (χ1v) is 10.1. The quantitative estimate of drug-likeness (QED) is 0.413. The molecule has 1 atom stereocenters. The highest BCUT2D eigenvalue weighted by atomic mass is 32.2. The van der Waals surface area contributed by atoms with Crippen molar-refractivity contribution in [3.05, 3.63) is 47.1 Å². The zero-order valence-corrected chi connectivity index (χ0v) is 16.5. The van der Waals surface area contributed by atoms with Crippen LogP contribution in [0.25, 0.3) is 6.08 Å². The smallest absolute Gasteiger partial charge is 0.309 e. The number of pyridine rings is 1. The fourth-order valence-electron chi connectivity index (χ4n) is 2.93. The van der Waals surface area contributed by atoms with Crippen molar-refractivity contribution >= 4 is 40.9 Å². The maximum absolute atomic E-state index is 12.4. The fourth-order valence-corrected chi connectivity index (χ4v) is 3.79. The number of amides is 3. The Morgan fingerprint density at radius 1 is 1.34 bits per heavy atom. The zero-order chi connectivity index (χ0) is 20.6. The molecule has 0 saturated carbocycles. The number of esters is 1. The highest BCUT2D eigenvalue weighted by Crippen LogP contribution is 2.31. The monoisotopic (exact) mass is 415 g/mol. The van der Waals surface area contributed by atoms with Crippen LogP contribution in [0.4, 0.5) is 4.79 Å². The van der Waals surface area contributed by atoms with Gasteiger partial charge in [0.15, 0.2) is 6.61 Å². The lowest BCUT2D eigenvalue weighted by atomic mass is 9.95. The molecule has 1 aromatic heterocycles. The average Bonchev–Trinajstić information content (AvgIpc) is 3.00. The molecular weight excluding hydrogens is 394 g/mol. The van der Waals surface area contributed by atoms with E-state index in [-0.39, 0.29) is 31.6 Å². The number of aromatic nitrogens is 1. The van der Waals surface area contributed by atoms with Crippen LogP contribution in [-0.4, -0.2) is 52.6 Å². The number of imide groups is 1. The van der Waals surface area contributed by atoms with Crippen molar-refractivity contribution < 1.29 is 23.9 Å². The molecule has 0 spiro atoms. The van der Waals surface area contributed by atoms with Crippen molar-refractivity contribution in [2.24, 2.45) is 5.92 Å². The summed E-state index contributed by atoms with van der Waals surface area (Å²) < 4.78 is 5.04. The molecule has 1 aliphatic carbocycles. The normalized spacial score (nSPS) is 20.2. The minimum atomic E-state index is -0.470. The Hall–Kier alpha value is -2.94. The first-order valence-electron chi connectivity index (χ1n) is 9.28. The molecule has 3 rings (SSSR count). The van der Waals surface area contributed by atoms with E-state index in [1.54, 1.807) is 30.6 Å². The molecule has 0 aromatic carbocycles. The fraction of sp³-hybridized carbons (Fsp3) is 0.350. The Morgan fingerprint density at radius 2 is 2.21 bits per heavy atom. The van der Waals surface area contributed by atoms with Gasteiger partial charge >= 0.3 is 5.97 Å². The molecule has 2 heterocycles. The Bertz CT molecular complexity index is 853. The van der Waals surface area contributed by atoms with Crippen LogP contribution in [0.1, 0.15) is 24.8 Å². The van der Waals surface area contributed by atoms with Crippen LogP contribution >= 0.6 is 11.8 Å². The molecule has 1 unspecified atom stereocenters. The van der Waals surface area contributed by atoms with Crippen LogP contribution in [0.2, 0.25) is 0 Å². The number of thioether (sulfide) groups is 1. The predicted octanol–water partition coefficient (Wildman–Crippen LogP) is 2.13. The van der Waals surface area contributed by atoms with Crippen LogP contribution in [0.15, 0.2) is 41.6 Å². The van der Waals surface area contributed by atoms with E-state index >= 15 is 0 Å². The second-order valence-electron chi connectivity index (χ2n) is 6.56. The standard InChI is InChI=1S/C20H21N3O5S/c24-17(13-28-19(26)15-6-2-1-3-7-15)22-9-10-23-18(25)16(29-20(23)27)11-14-5-4-8-21-12-14/h1-2,4-5,8,11-12,15H,3,6-7,9-10,13H2,(H,22,24)/b16-11-. The van der Waals surface area contributed by atoms with Gasteiger partial charge in [-0.2, -0.15) is 0 Å². The van der Waals surface area contributed by atoms with Gasteiger partial charge < -0.3 is 10.1 Å². The third-order valence-corrected chi connectivity index (χ3v) is 5.37. The molecule has 9 heteroatoms. The summed E-state index contributed by atoms with van der Waals surface area (Å²) in [5.41, 5.74) is 0.724. The highest BCUT2D eigenvalue weighted by Gasteiger charge is 2.34.